The molecule has 0 spiro atoms. The van der Waals surface area contributed by atoms with Gasteiger partial charge in [-0.1, -0.05) is 0 Å². The molecule has 1 aromatic rings. The molecule has 1 unspecified atom stereocenters. The number of carbonyl (C=O) groups is 1. The molecule has 3 N–H and O–H groups in total. The summed E-state index contributed by atoms with van der Waals surface area (Å²) < 4.78 is 0.999. The normalized spacial score (nSPS) is 12.6. The lowest BCUT2D eigenvalue weighted by atomic mass is 10.1. The Balaban J connectivity index is 2.77. The van der Waals surface area contributed by atoms with Gasteiger partial charge in [0.25, 0.3) is 0 Å². The maximum Gasteiger partial charge on any atom is 0.241 e. The average Bonchev–Trinajstić information content (AvgIpc) is 2.49. The predicted octanol–water partition coefficient (Wildman–Crippen LogP) is 1.60. The summed E-state index contributed by atoms with van der Waals surface area (Å²) in [4.78, 5) is 12.1. The average molecular weight is 249 g/mol. The first-order valence-electron chi connectivity index (χ1n) is 3.39. The molecule has 0 aliphatic heterocycles. The molecule has 1 rings (SSSR count). The third-order valence-corrected chi connectivity index (χ3v) is 3.43. The molecule has 1 amide bonds. The molecule has 0 bridgehead atoms. The first-order chi connectivity index (χ1) is 5.65. The lowest BCUT2D eigenvalue weighted by Crippen LogP contribution is -2.33. The van der Waals surface area contributed by atoms with Gasteiger partial charge in [-0.05, 0) is 28.9 Å². The summed E-state index contributed by atoms with van der Waals surface area (Å²) in [7, 11) is 0. The zero-order valence-corrected chi connectivity index (χ0v) is 8.91. The van der Waals surface area contributed by atoms with Crippen LogP contribution < -0.4 is 11.3 Å². The summed E-state index contributed by atoms with van der Waals surface area (Å²) >= 11 is 4.86. The van der Waals surface area contributed by atoms with Crippen LogP contribution in [0.25, 0.3) is 0 Å². The second-order valence-corrected chi connectivity index (χ2v) is 4.26. The highest BCUT2D eigenvalue weighted by atomic mass is 79.9. The Bertz CT molecular complexity index is 287. The zero-order valence-electron chi connectivity index (χ0n) is 6.50. The number of rotatable bonds is 2. The first-order valence-corrected chi connectivity index (χ1v) is 5.06. The van der Waals surface area contributed by atoms with Crippen molar-refractivity contribution in [3.63, 3.8) is 0 Å². The van der Waals surface area contributed by atoms with E-state index in [-0.39, 0.29) is 11.8 Å². The number of hydrogen-bond acceptors (Lipinski definition) is 3. The van der Waals surface area contributed by atoms with E-state index in [2.05, 4.69) is 21.4 Å². The Morgan fingerprint density at radius 2 is 2.50 bits per heavy atom. The Kier molecular flexibility index (Phi) is 3.25. The molecular formula is C7H9BrN2OS. The summed E-state index contributed by atoms with van der Waals surface area (Å²) in [6, 6.07) is 1.92. The van der Waals surface area contributed by atoms with E-state index < -0.39 is 0 Å². The van der Waals surface area contributed by atoms with Gasteiger partial charge in [-0.25, -0.2) is 5.84 Å². The Labute approximate surface area is 83.1 Å². The van der Waals surface area contributed by atoms with Crippen molar-refractivity contribution in [3.8, 4) is 0 Å². The van der Waals surface area contributed by atoms with Gasteiger partial charge in [-0.2, -0.15) is 0 Å². The largest absolute Gasteiger partial charge is 0.294 e. The second kappa shape index (κ2) is 4.02. The minimum Gasteiger partial charge on any atom is -0.294 e. The van der Waals surface area contributed by atoms with Crippen LogP contribution in [0.5, 0.6) is 0 Å². The third-order valence-electron chi connectivity index (χ3n) is 1.55. The van der Waals surface area contributed by atoms with E-state index in [1.807, 2.05) is 18.4 Å². The van der Waals surface area contributed by atoms with Crippen LogP contribution in [0.2, 0.25) is 0 Å². The van der Waals surface area contributed by atoms with E-state index in [9.17, 15) is 4.79 Å². The van der Waals surface area contributed by atoms with Gasteiger partial charge in [0.2, 0.25) is 5.91 Å². The van der Waals surface area contributed by atoms with Crippen molar-refractivity contribution < 1.29 is 4.79 Å². The predicted molar refractivity (Wildman–Crippen MR) is 52.8 cm³/mol. The van der Waals surface area contributed by atoms with Crippen molar-refractivity contribution in [2.24, 2.45) is 5.84 Å². The molecule has 0 aliphatic rings. The number of hydrazine groups is 1. The number of hydrogen-bond donors (Lipinski definition) is 2. The molecule has 0 aromatic carbocycles. The maximum absolute atomic E-state index is 11.1. The van der Waals surface area contributed by atoms with E-state index in [0.717, 1.165) is 9.35 Å². The molecule has 3 nitrogen and oxygen atoms in total. The highest BCUT2D eigenvalue weighted by molar-refractivity contribution is 9.10. The van der Waals surface area contributed by atoms with Crippen LogP contribution >= 0.6 is 27.3 Å². The van der Waals surface area contributed by atoms with Gasteiger partial charge in [-0.3, -0.25) is 10.2 Å². The smallest absolute Gasteiger partial charge is 0.241 e. The minimum atomic E-state index is -0.175. The van der Waals surface area contributed by atoms with E-state index in [0.29, 0.717) is 0 Å². The summed E-state index contributed by atoms with van der Waals surface area (Å²) in [5, 5.41) is 1.94. The number of nitrogens with one attached hydrogen (secondary N) is 1. The Hall–Kier alpha value is -0.390. The van der Waals surface area contributed by atoms with E-state index in [4.69, 9.17) is 5.84 Å². The van der Waals surface area contributed by atoms with Gasteiger partial charge in [0.1, 0.15) is 0 Å². The summed E-state index contributed by atoms with van der Waals surface area (Å²) in [6.45, 7) is 1.82. The maximum atomic E-state index is 11.1. The van der Waals surface area contributed by atoms with Gasteiger partial charge < -0.3 is 0 Å². The number of thiophene rings is 1. The molecule has 12 heavy (non-hydrogen) atoms. The molecule has 0 radical (unpaired) electrons. The molecule has 0 saturated carbocycles. The fourth-order valence-corrected chi connectivity index (χ4v) is 2.31. The van der Waals surface area contributed by atoms with Crippen molar-refractivity contribution in [3.05, 3.63) is 20.8 Å². The van der Waals surface area contributed by atoms with Gasteiger partial charge in [-0.15, -0.1) is 11.3 Å². The minimum absolute atomic E-state index is 0.163. The number of carbonyl (C=O) groups excluding carboxylic acids is 1. The van der Waals surface area contributed by atoms with Crippen LogP contribution in [0, 0.1) is 0 Å². The summed E-state index contributed by atoms with van der Waals surface area (Å²) in [5.74, 6) is 4.67. The van der Waals surface area contributed by atoms with E-state index >= 15 is 0 Å². The fraction of sp³-hybridized carbons (Fsp3) is 0.286. The molecule has 5 heteroatoms. The topological polar surface area (TPSA) is 55.1 Å². The van der Waals surface area contributed by atoms with Gasteiger partial charge in [0, 0.05) is 14.7 Å². The van der Waals surface area contributed by atoms with Crippen LogP contribution in [0.4, 0.5) is 0 Å². The van der Waals surface area contributed by atoms with Gasteiger partial charge in [0.15, 0.2) is 0 Å². The van der Waals surface area contributed by atoms with Crippen molar-refractivity contribution >= 4 is 33.2 Å². The molecule has 1 heterocycles. The molecule has 0 fully saturated rings. The Morgan fingerprint density at radius 3 is 2.92 bits per heavy atom. The number of nitrogens with two attached hydrogens (primary N) is 1. The lowest BCUT2D eigenvalue weighted by molar-refractivity contribution is -0.122. The van der Waals surface area contributed by atoms with Crippen molar-refractivity contribution in [1.29, 1.82) is 0 Å². The van der Waals surface area contributed by atoms with Gasteiger partial charge >= 0.3 is 0 Å². The molecule has 66 valence electrons. The van der Waals surface area contributed by atoms with Crippen LogP contribution in [0.1, 0.15) is 17.7 Å². The van der Waals surface area contributed by atoms with Crippen LogP contribution in [0.15, 0.2) is 15.9 Å². The monoisotopic (exact) mass is 248 g/mol. The third kappa shape index (κ3) is 2.06. The van der Waals surface area contributed by atoms with Crippen LogP contribution in [0.3, 0.4) is 0 Å². The van der Waals surface area contributed by atoms with Gasteiger partial charge in [0.05, 0.1) is 5.92 Å². The van der Waals surface area contributed by atoms with Crippen molar-refractivity contribution in [2.45, 2.75) is 12.8 Å². The zero-order chi connectivity index (χ0) is 9.14. The van der Waals surface area contributed by atoms with Crippen molar-refractivity contribution in [1.82, 2.24) is 5.43 Å². The number of halogens is 1. The lowest BCUT2D eigenvalue weighted by Gasteiger charge is -2.05. The molecule has 0 aliphatic carbocycles. The van der Waals surface area contributed by atoms with Crippen LogP contribution in [-0.4, -0.2) is 5.91 Å². The molecule has 0 saturated heterocycles. The SMILES string of the molecule is CC(C(=O)NN)c1cc(Br)cs1. The highest BCUT2D eigenvalue weighted by Gasteiger charge is 2.15. The van der Waals surface area contributed by atoms with E-state index in [1.54, 1.807) is 0 Å². The quantitative estimate of drug-likeness (QED) is 0.475. The Morgan fingerprint density at radius 1 is 1.83 bits per heavy atom. The van der Waals surface area contributed by atoms with Crippen molar-refractivity contribution in [2.75, 3.05) is 0 Å². The molecule has 1 atom stereocenters. The first kappa shape index (κ1) is 9.70. The molecular weight excluding hydrogens is 240 g/mol. The van der Waals surface area contributed by atoms with Crippen LogP contribution in [-0.2, 0) is 4.79 Å². The summed E-state index contributed by atoms with van der Waals surface area (Å²) in [6.07, 6.45) is 0. The fourth-order valence-electron chi connectivity index (χ4n) is 0.810. The van der Waals surface area contributed by atoms with E-state index in [1.165, 1.54) is 11.3 Å². The summed E-state index contributed by atoms with van der Waals surface area (Å²) in [5.41, 5.74) is 2.12. The molecule has 1 aromatic heterocycles. The highest BCUT2D eigenvalue weighted by Crippen LogP contribution is 2.26. The second-order valence-electron chi connectivity index (χ2n) is 2.40. The standard InChI is InChI=1S/C7H9BrN2OS/c1-4(7(11)10-9)6-2-5(8)3-12-6/h2-4H,9H2,1H3,(H,10,11). The number of amides is 1.